The van der Waals surface area contributed by atoms with Gasteiger partial charge in [0.1, 0.15) is 5.76 Å². The summed E-state index contributed by atoms with van der Waals surface area (Å²) in [6.45, 7) is 4.17. The Morgan fingerprint density at radius 2 is 2.29 bits per heavy atom. The van der Waals surface area contributed by atoms with Crippen LogP contribution < -0.4 is 0 Å². The molecule has 0 unspecified atom stereocenters. The quantitative estimate of drug-likeness (QED) is 0.744. The number of hydrogen-bond donors (Lipinski definition) is 1. The SMILES string of the molecule is C[C@H]1Cc2onc(C(=O)O)c2[C@@H](C)C1. The van der Waals surface area contributed by atoms with Crippen LogP contribution in [0, 0.1) is 5.92 Å². The van der Waals surface area contributed by atoms with Crippen LogP contribution in [0.15, 0.2) is 4.52 Å². The molecule has 2 rings (SSSR count). The number of carbonyl (C=O) groups is 1. The van der Waals surface area contributed by atoms with E-state index in [0.717, 1.165) is 24.2 Å². The van der Waals surface area contributed by atoms with E-state index in [-0.39, 0.29) is 11.6 Å². The Balaban J connectivity index is 2.46. The lowest BCUT2D eigenvalue weighted by atomic mass is 9.81. The number of rotatable bonds is 1. The Bertz CT molecular complexity index is 369. The second kappa shape index (κ2) is 3.12. The summed E-state index contributed by atoms with van der Waals surface area (Å²) >= 11 is 0. The summed E-state index contributed by atoms with van der Waals surface area (Å²) in [6, 6.07) is 0. The molecule has 0 bridgehead atoms. The average Bonchev–Trinajstić information content (AvgIpc) is 2.47. The van der Waals surface area contributed by atoms with E-state index in [1.807, 2.05) is 6.92 Å². The van der Waals surface area contributed by atoms with Gasteiger partial charge in [0.15, 0.2) is 5.69 Å². The molecule has 0 saturated heterocycles. The molecule has 0 aromatic carbocycles. The third-order valence-corrected chi connectivity index (χ3v) is 2.79. The van der Waals surface area contributed by atoms with Crippen LogP contribution in [-0.4, -0.2) is 16.2 Å². The maximum absolute atomic E-state index is 10.8. The van der Waals surface area contributed by atoms with Crippen LogP contribution in [0.25, 0.3) is 0 Å². The van der Waals surface area contributed by atoms with Crippen molar-refractivity contribution >= 4 is 5.97 Å². The molecule has 2 atom stereocenters. The number of aromatic nitrogens is 1. The molecule has 0 fully saturated rings. The van der Waals surface area contributed by atoms with Gasteiger partial charge in [-0.1, -0.05) is 19.0 Å². The van der Waals surface area contributed by atoms with E-state index in [1.165, 1.54) is 0 Å². The van der Waals surface area contributed by atoms with Crippen LogP contribution >= 0.6 is 0 Å². The molecule has 1 aliphatic carbocycles. The van der Waals surface area contributed by atoms with Crippen molar-refractivity contribution in [3.8, 4) is 0 Å². The van der Waals surface area contributed by atoms with Crippen LogP contribution in [0.5, 0.6) is 0 Å². The molecule has 0 amide bonds. The molecule has 14 heavy (non-hydrogen) atoms. The van der Waals surface area contributed by atoms with E-state index >= 15 is 0 Å². The van der Waals surface area contributed by atoms with Gasteiger partial charge < -0.3 is 9.63 Å². The lowest BCUT2D eigenvalue weighted by Crippen LogP contribution is -2.15. The third-order valence-electron chi connectivity index (χ3n) is 2.79. The van der Waals surface area contributed by atoms with Crippen molar-refractivity contribution in [3.05, 3.63) is 17.0 Å². The monoisotopic (exact) mass is 195 g/mol. The Labute approximate surface area is 81.9 Å². The van der Waals surface area contributed by atoms with Gasteiger partial charge in [0.05, 0.1) is 0 Å². The molecule has 0 aliphatic heterocycles. The van der Waals surface area contributed by atoms with E-state index in [0.29, 0.717) is 5.92 Å². The summed E-state index contributed by atoms with van der Waals surface area (Å²) in [4.78, 5) is 10.8. The summed E-state index contributed by atoms with van der Waals surface area (Å²) in [6.07, 6.45) is 1.81. The molecule has 4 nitrogen and oxygen atoms in total. The molecule has 1 aliphatic rings. The van der Waals surface area contributed by atoms with Crippen molar-refractivity contribution in [3.63, 3.8) is 0 Å². The molecular weight excluding hydrogens is 182 g/mol. The Morgan fingerprint density at radius 1 is 1.57 bits per heavy atom. The van der Waals surface area contributed by atoms with Crippen LogP contribution in [0.4, 0.5) is 0 Å². The number of carboxylic acids is 1. The minimum Gasteiger partial charge on any atom is -0.476 e. The lowest BCUT2D eigenvalue weighted by Gasteiger charge is -2.22. The van der Waals surface area contributed by atoms with Crippen molar-refractivity contribution in [2.75, 3.05) is 0 Å². The van der Waals surface area contributed by atoms with Gasteiger partial charge in [0, 0.05) is 12.0 Å². The molecule has 76 valence electrons. The predicted molar refractivity (Wildman–Crippen MR) is 49.4 cm³/mol. The molecule has 0 radical (unpaired) electrons. The fourth-order valence-corrected chi connectivity index (χ4v) is 2.26. The predicted octanol–water partition coefficient (Wildman–Crippen LogP) is 2.06. The first kappa shape index (κ1) is 9.24. The average molecular weight is 195 g/mol. The summed E-state index contributed by atoms with van der Waals surface area (Å²) < 4.78 is 5.06. The van der Waals surface area contributed by atoms with Gasteiger partial charge in [-0.3, -0.25) is 0 Å². The highest BCUT2D eigenvalue weighted by molar-refractivity contribution is 5.87. The largest absolute Gasteiger partial charge is 0.476 e. The Morgan fingerprint density at radius 3 is 2.93 bits per heavy atom. The highest BCUT2D eigenvalue weighted by atomic mass is 16.5. The fourth-order valence-electron chi connectivity index (χ4n) is 2.26. The van der Waals surface area contributed by atoms with E-state index in [1.54, 1.807) is 0 Å². The van der Waals surface area contributed by atoms with Crippen molar-refractivity contribution in [1.82, 2.24) is 5.16 Å². The van der Waals surface area contributed by atoms with Gasteiger partial charge in [-0.15, -0.1) is 0 Å². The van der Waals surface area contributed by atoms with Crippen molar-refractivity contribution in [2.45, 2.75) is 32.6 Å². The van der Waals surface area contributed by atoms with E-state index < -0.39 is 5.97 Å². The van der Waals surface area contributed by atoms with Crippen LogP contribution in [0.1, 0.15) is 48.0 Å². The lowest BCUT2D eigenvalue weighted by molar-refractivity contribution is 0.0684. The van der Waals surface area contributed by atoms with Gasteiger partial charge in [-0.25, -0.2) is 4.79 Å². The van der Waals surface area contributed by atoms with E-state index in [9.17, 15) is 4.79 Å². The maximum atomic E-state index is 10.8. The van der Waals surface area contributed by atoms with Crippen molar-refractivity contribution in [1.29, 1.82) is 0 Å². The summed E-state index contributed by atoms with van der Waals surface area (Å²) in [5, 5.41) is 12.5. The van der Waals surface area contributed by atoms with Crippen LogP contribution in [0.3, 0.4) is 0 Å². The molecular formula is C10H13NO3. The highest BCUT2D eigenvalue weighted by Gasteiger charge is 2.31. The summed E-state index contributed by atoms with van der Waals surface area (Å²) in [5.41, 5.74) is 0.898. The number of fused-ring (bicyclic) bond motifs is 1. The van der Waals surface area contributed by atoms with Gasteiger partial charge in [-0.05, 0) is 18.3 Å². The third kappa shape index (κ3) is 1.31. The molecule has 1 heterocycles. The summed E-state index contributed by atoms with van der Waals surface area (Å²) in [5.74, 6) is 0.559. The second-order valence-electron chi connectivity index (χ2n) is 4.12. The number of hydrogen-bond acceptors (Lipinski definition) is 3. The topological polar surface area (TPSA) is 63.3 Å². The van der Waals surface area contributed by atoms with Crippen LogP contribution in [0.2, 0.25) is 0 Å². The van der Waals surface area contributed by atoms with E-state index in [2.05, 4.69) is 12.1 Å². The minimum atomic E-state index is -0.989. The zero-order valence-electron chi connectivity index (χ0n) is 8.28. The van der Waals surface area contributed by atoms with E-state index in [4.69, 9.17) is 9.63 Å². The van der Waals surface area contributed by atoms with Crippen molar-refractivity contribution < 1.29 is 14.4 Å². The normalized spacial score (nSPS) is 25.9. The number of carboxylic acid groups (broad SMARTS) is 1. The zero-order chi connectivity index (χ0) is 10.3. The maximum Gasteiger partial charge on any atom is 0.358 e. The molecule has 4 heteroatoms. The first-order valence-electron chi connectivity index (χ1n) is 4.81. The molecule has 0 spiro atoms. The first-order chi connectivity index (χ1) is 6.59. The molecule has 1 aromatic heterocycles. The smallest absolute Gasteiger partial charge is 0.358 e. The van der Waals surface area contributed by atoms with Gasteiger partial charge >= 0.3 is 5.97 Å². The first-order valence-corrected chi connectivity index (χ1v) is 4.81. The molecule has 1 N–H and O–H groups in total. The highest BCUT2D eigenvalue weighted by Crippen LogP contribution is 2.36. The van der Waals surface area contributed by atoms with Gasteiger partial charge in [0.2, 0.25) is 0 Å². The summed E-state index contributed by atoms with van der Waals surface area (Å²) in [7, 11) is 0. The van der Waals surface area contributed by atoms with Crippen LogP contribution in [-0.2, 0) is 6.42 Å². The minimum absolute atomic E-state index is 0.0967. The zero-order valence-corrected chi connectivity index (χ0v) is 8.28. The number of nitrogens with zero attached hydrogens (tertiary/aromatic N) is 1. The number of aromatic carboxylic acids is 1. The molecule has 0 saturated carbocycles. The molecule has 1 aromatic rings. The standard InChI is InChI=1S/C10H13NO3/c1-5-3-6(2)8-7(4-5)14-11-9(8)10(12)13/h5-6H,3-4H2,1-2H3,(H,12,13)/t5-,6+/m1/s1. The fraction of sp³-hybridized carbons (Fsp3) is 0.600. The van der Waals surface area contributed by atoms with Gasteiger partial charge in [-0.2, -0.15) is 0 Å². The van der Waals surface area contributed by atoms with Crippen molar-refractivity contribution in [2.24, 2.45) is 5.92 Å². The Kier molecular flexibility index (Phi) is 2.06. The second-order valence-corrected chi connectivity index (χ2v) is 4.12. The Hall–Kier alpha value is -1.32. The van der Waals surface area contributed by atoms with Gasteiger partial charge in [0.25, 0.3) is 0 Å².